The molecule has 0 radical (unpaired) electrons. The fraction of sp³-hybridized carbons (Fsp3) is 0.120. The van der Waals surface area contributed by atoms with Crippen LogP contribution in [0.3, 0.4) is 0 Å². The Hall–Kier alpha value is -3.98. The highest BCUT2D eigenvalue weighted by Gasteiger charge is 2.21. The van der Waals surface area contributed by atoms with Crippen LogP contribution >= 0.6 is 15.9 Å². The fourth-order valence-corrected chi connectivity index (χ4v) is 4.02. The average Bonchev–Trinajstić information content (AvgIpc) is 2.84. The second-order valence-electron chi connectivity index (χ2n) is 7.27. The molecule has 0 saturated heterocycles. The average molecular weight is 525 g/mol. The van der Waals surface area contributed by atoms with Crippen molar-refractivity contribution in [3.8, 4) is 28.6 Å². The maximum Gasteiger partial charge on any atom is 0.256 e. The van der Waals surface area contributed by atoms with Gasteiger partial charge in [-0.25, -0.2) is 0 Å². The van der Waals surface area contributed by atoms with Gasteiger partial charge in [-0.1, -0.05) is 12.1 Å². The van der Waals surface area contributed by atoms with E-state index >= 15 is 0 Å². The number of fused-ring (bicyclic) bond motifs is 1. The van der Waals surface area contributed by atoms with Gasteiger partial charge in [0.15, 0.2) is 16.9 Å². The highest BCUT2D eigenvalue weighted by Crippen LogP contribution is 2.42. The van der Waals surface area contributed by atoms with E-state index in [1.54, 1.807) is 48.5 Å². The van der Waals surface area contributed by atoms with Crippen LogP contribution in [0, 0.1) is 0 Å². The van der Waals surface area contributed by atoms with Gasteiger partial charge in [-0.15, -0.1) is 0 Å². The highest BCUT2D eigenvalue weighted by atomic mass is 79.9. The lowest BCUT2D eigenvalue weighted by Crippen LogP contribution is -2.13. The SMILES string of the molecule is COc1cc2oc(-c3cccc(NC(=O)c4cc(N)ccc4Br)c3)cc(=O)c2c(OC)c1OC. The molecule has 9 heteroatoms. The number of nitrogen functional groups attached to an aromatic ring is 1. The fourth-order valence-electron chi connectivity index (χ4n) is 3.59. The zero-order valence-electron chi connectivity index (χ0n) is 18.6. The number of amides is 1. The van der Waals surface area contributed by atoms with Crippen molar-refractivity contribution in [2.24, 2.45) is 0 Å². The number of benzene rings is 3. The highest BCUT2D eigenvalue weighted by molar-refractivity contribution is 9.10. The molecule has 4 aromatic rings. The number of nitrogens with two attached hydrogens (primary N) is 1. The van der Waals surface area contributed by atoms with Crippen molar-refractivity contribution in [2.75, 3.05) is 32.4 Å². The number of rotatable bonds is 6. The van der Waals surface area contributed by atoms with Crippen LogP contribution in [0.25, 0.3) is 22.3 Å². The molecule has 0 aliphatic carbocycles. The van der Waals surface area contributed by atoms with Crippen LogP contribution in [0.2, 0.25) is 0 Å². The number of methoxy groups -OCH3 is 3. The molecule has 1 aromatic heterocycles. The van der Waals surface area contributed by atoms with Crippen LogP contribution in [-0.2, 0) is 0 Å². The Balaban J connectivity index is 1.75. The van der Waals surface area contributed by atoms with Crippen LogP contribution < -0.4 is 30.7 Å². The Kier molecular flexibility index (Phi) is 6.47. The summed E-state index contributed by atoms with van der Waals surface area (Å²) in [5.41, 5.74) is 7.76. The van der Waals surface area contributed by atoms with Crippen molar-refractivity contribution >= 4 is 44.2 Å². The molecule has 3 aromatic carbocycles. The molecule has 1 heterocycles. The zero-order valence-corrected chi connectivity index (χ0v) is 20.2. The molecular weight excluding hydrogens is 504 g/mol. The Bertz CT molecular complexity index is 1460. The summed E-state index contributed by atoms with van der Waals surface area (Å²) in [5, 5.41) is 3.07. The van der Waals surface area contributed by atoms with Crippen LogP contribution in [0.4, 0.5) is 11.4 Å². The van der Waals surface area contributed by atoms with Crippen molar-refractivity contribution in [1.29, 1.82) is 0 Å². The third-order valence-corrected chi connectivity index (χ3v) is 5.85. The number of carbonyl (C=O) groups is 1. The van der Waals surface area contributed by atoms with Gasteiger partial charge in [0.1, 0.15) is 16.7 Å². The molecule has 0 aliphatic heterocycles. The molecule has 0 spiro atoms. The van der Waals surface area contributed by atoms with E-state index < -0.39 is 0 Å². The first kappa shape index (κ1) is 23.2. The molecule has 0 fully saturated rings. The minimum absolute atomic E-state index is 0.228. The van der Waals surface area contributed by atoms with Gasteiger partial charge in [0.05, 0.1) is 26.9 Å². The summed E-state index contributed by atoms with van der Waals surface area (Å²) in [6.45, 7) is 0. The van der Waals surface area contributed by atoms with E-state index in [1.165, 1.54) is 27.4 Å². The van der Waals surface area contributed by atoms with Gasteiger partial charge in [-0.05, 0) is 46.3 Å². The summed E-state index contributed by atoms with van der Waals surface area (Å²) in [5.74, 6) is 0.868. The standard InChI is InChI=1S/C25H21BrN2O6/c1-31-21-12-20-22(24(33-3)23(21)32-2)18(29)11-19(34-20)13-5-4-6-15(9-13)28-25(30)16-10-14(27)7-8-17(16)26/h4-12H,27H2,1-3H3,(H,28,30). The van der Waals surface area contributed by atoms with Gasteiger partial charge < -0.3 is 29.7 Å². The first-order valence-corrected chi connectivity index (χ1v) is 10.9. The molecule has 174 valence electrons. The quantitative estimate of drug-likeness (QED) is 0.338. The number of nitrogens with one attached hydrogen (secondary N) is 1. The Labute approximate surface area is 203 Å². The first-order chi connectivity index (χ1) is 16.4. The normalized spacial score (nSPS) is 10.7. The predicted octanol–water partition coefficient (Wildman–Crippen LogP) is 5.08. The summed E-state index contributed by atoms with van der Waals surface area (Å²) in [7, 11) is 4.38. The number of ether oxygens (including phenoxy) is 3. The molecule has 0 unspecified atom stereocenters. The summed E-state index contributed by atoms with van der Waals surface area (Å²) < 4.78 is 22.8. The van der Waals surface area contributed by atoms with Gasteiger partial charge in [0.25, 0.3) is 5.91 Å². The third kappa shape index (κ3) is 4.29. The second kappa shape index (κ2) is 9.48. The number of carbonyl (C=O) groups excluding carboxylic acids is 1. The largest absolute Gasteiger partial charge is 0.493 e. The second-order valence-corrected chi connectivity index (χ2v) is 8.12. The van der Waals surface area contributed by atoms with Crippen molar-refractivity contribution in [1.82, 2.24) is 0 Å². The van der Waals surface area contributed by atoms with Crippen LogP contribution in [0.15, 0.2) is 68.3 Å². The molecule has 0 atom stereocenters. The van der Waals surface area contributed by atoms with Crippen LogP contribution in [0.1, 0.15) is 10.4 Å². The van der Waals surface area contributed by atoms with Crippen molar-refractivity contribution < 1.29 is 23.4 Å². The summed E-state index contributed by atoms with van der Waals surface area (Å²) >= 11 is 3.36. The van der Waals surface area contributed by atoms with E-state index in [0.717, 1.165) is 0 Å². The molecule has 0 aliphatic rings. The maximum absolute atomic E-state index is 13.0. The van der Waals surface area contributed by atoms with E-state index in [9.17, 15) is 9.59 Å². The van der Waals surface area contributed by atoms with E-state index in [-0.39, 0.29) is 28.1 Å². The number of hydrogen-bond donors (Lipinski definition) is 2. The van der Waals surface area contributed by atoms with E-state index in [2.05, 4.69) is 21.2 Å². The minimum Gasteiger partial charge on any atom is -0.493 e. The number of anilines is 2. The zero-order chi connectivity index (χ0) is 24.4. The van der Waals surface area contributed by atoms with Crippen LogP contribution in [-0.4, -0.2) is 27.2 Å². The number of halogens is 1. The molecule has 0 saturated carbocycles. The molecule has 34 heavy (non-hydrogen) atoms. The Morgan fingerprint density at radius 1 is 0.971 bits per heavy atom. The molecule has 4 rings (SSSR count). The Morgan fingerprint density at radius 2 is 1.74 bits per heavy atom. The van der Waals surface area contributed by atoms with Crippen molar-refractivity contribution in [3.63, 3.8) is 0 Å². The molecule has 1 amide bonds. The van der Waals surface area contributed by atoms with Crippen molar-refractivity contribution in [3.05, 3.63) is 74.9 Å². The summed E-state index contributed by atoms with van der Waals surface area (Å²) in [4.78, 5) is 25.8. The third-order valence-electron chi connectivity index (χ3n) is 5.16. The van der Waals surface area contributed by atoms with Crippen LogP contribution in [0.5, 0.6) is 17.2 Å². The van der Waals surface area contributed by atoms with Gasteiger partial charge >= 0.3 is 0 Å². The summed E-state index contributed by atoms with van der Waals surface area (Å²) in [6, 6.07) is 14.9. The van der Waals surface area contributed by atoms with Gasteiger partial charge in [-0.2, -0.15) is 0 Å². The van der Waals surface area contributed by atoms with Gasteiger partial charge in [-0.3, -0.25) is 9.59 Å². The summed E-state index contributed by atoms with van der Waals surface area (Å²) in [6.07, 6.45) is 0. The molecule has 0 bridgehead atoms. The monoisotopic (exact) mass is 524 g/mol. The van der Waals surface area contributed by atoms with Gasteiger partial charge in [0, 0.05) is 33.5 Å². The van der Waals surface area contributed by atoms with E-state index in [0.29, 0.717) is 44.2 Å². The lowest BCUT2D eigenvalue weighted by Gasteiger charge is -2.14. The molecular formula is C25H21BrN2O6. The minimum atomic E-state index is -0.335. The number of hydrogen-bond acceptors (Lipinski definition) is 7. The molecule has 8 nitrogen and oxygen atoms in total. The van der Waals surface area contributed by atoms with E-state index in [1.807, 2.05) is 0 Å². The first-order valence-electron chi connectivity index (χ1n) is 10.1. The van der Waals surface area contributed by atoms with Crippen molar-refractivity contribution in [2.45, 2.75) is 0 Å². The topological polar surface area (TPSA) is 113 Å². The lowest BCUT2D eigenvalue weighted by atomic mass is 10.1. The smallest absolute Gasteiger partial charge is 0.256 e. The lowest BCUT2D eigenvalue weighted by molar-refractivity contribution is 0.102. The Morgan fingerprint density at radius 3 is 2.44 bits per heavy atom. The maximum atomic E-state index is 13.0. The molecule has 3 N–H and O–H groups in total. The predicted molar refractivity (Wildman–Crippen MR) is 134 cm³/mol. The van der Waals surface area contributed by atoms with Gasteiger partial charge in [0.2, 0.25) is 5.75 Å². The van der Waals surface area contributed by atoms with E-state index in [4.69, 9.17) is 24.4 Å².